The van der Waals surface area contributed by atoms with E-state index in [0.29, 0.717) is 12.8 Å². The van der Waals surface area contributed by atoms with Crippen molar-refractivity contribution in [2.24, 2.45) is 0 Å². The second-order valence-corrected chi connectivity index (χ2v) is 5.39. The molecule has 0 spiro atoms. The molecule has 6 heteroatoms. The molecule has 114 valence electrons. The van der Waals surface area contributed by atoms with Crippen molar-refractivity contribution in [3.8, 4) is 0 Å². The normalized spacial score (nSPS) is 17.0. The van der Waals surface area contributed by atoms with E-state index >= 15 is 0 Å². The number of carboxylic acids is 1. The molecule has 0 aliphatic heterocycles. The van der Waals surface area contributed by atoms with Crippen LogP contribution in [0.25, 0.3) is 0 Å². The van der Waals surface area contributed by atoms with Crippen molar-refractivity contribution in [2.45, 2.75) is 37.6 Å². The number of aliphatic carboxylic acids is 1. The van der Waals surface area contributed by atoms with Crippen LogP contribution in [0.5, 0.6) is 0 Å². The minimum atomic E-state index is -1.24. The molecule has 2 amide bonds. The first kappa shape index (κ1) is 15.3. The van der Waals surface area contributed by atoms with Crippen LogP contribution in [-0.4, -0.2) is 29.7 Å². The number of hydrogen-bond acceptors (Lipinski definition) is 2. The lowest BCUT2D eigenvalue weighted by Crippen LogP contribution is -2.58. The number of nitrogens with zero attached hydrogens (tertiary/aromatic N) is 1. The van der Waals surface area contributed by atoms with Gasteiger partial charge in [-0.25, -0.2) is 14.0 Å². The van der Waals surface area contributed by atoms with E-state index in [4.69, 9.17) is 0 Å². The van der Waals surface area contributed by atoms with Gasteiger partial charge in [0.2, 0.25) is 0 Å². The maximum absolute atomic E-state index is 13.7. The summed E-state index contributed by atoms with van der Waals surface area (Å²) in [5.74, 6) is -1.55. The summed E-state index contributed by atoms with van der Waals surface area (Å²) in [7, 11) is 1.42. The number of nitrogens with one attached hydrogen (secondary N) is 1. The molecule has 1 aliphatic carbocycles. The molecule has 1 fully saturated rings. The third-order valence-corrected chi connectivity index (χ3v) is 3.98. The Labute approximate surface area is 122 Å². The van der Waals surface area contributed by atoms with Crippen molar-refractivity contribution in [1.29, 1.82) is 0 Å². The first-order chi connectivity index (χ1) is 9.96. The van der Waals surface area contributed by atoms with Gasteiger partial charge in [0.1, 0.15) is 11.4 Å². The van der Waals surface area contributed by atoms with Gasteiger partial charge in [0.25, 0.3) is 0 Å². The monoisotopic (exact) mass is 294 g/mol. The SMILES string of the molecule is CN(C(=O)NC1(C(=O)O)CCCCC1)c1ccccc1F. The quantitative estimate of drug-likeness (QED) is 0.900. The van der Waals surface area contributed by atoms with E-state index in [1.807, 2.05) is 0 Å². The lowest BCUT2D eigenvalue weighted by molar-refractivity contribution is -0.145. The first-order valence-electron chi connectivity index (χ1n) is 7.00. The molecule has 0 saturated heterocycles. The topological polar surface area (TPSA) is 69.6 Å². The fraction of sp³-hybridized carbons (Fsp3) is 0.467. The summed E-state index contributed by atoms with van der Waals surface area (Å²) in [6.07, 6.45) is 3.29. The number of carboxylic acid groups (broad SMARTS) is 1. The molecule has 0 radical (unpaired) electrons. The zero-order chi connectivity index (χ0) is 15.5. The van der Waals surface area contributed by atoms with Gasteiger partial charge in [-0.3, -0.25) is 4.90 Å². The van der Waals surface area contributed by atoms with Gasteiger partial charge in [-0.15, -0.1) is 0 Å². The number of rotatable bonds is 3. The van der Waals surface area contributed by atoms with Crippen LogP contribution in [0.3, 0.4) is 0 Å². The number of carbonyl (C=O) groups is 2. The van der Waals surface area contributed by atoms with E-state index < -0.39 is 23.4 Å². The first-order valence-corrected chi connectivity index (χ1v) is 7.00. The van der Waals surface area contributed by atoms with Gasteiger partial charge in [-0.05, 0) is 25.0 Å². The molecule has 1 aliphatic rings. The Morgan fingerprint density at radius 2 is 1.86 bits per heavy atom. The number of anilines is 1. The van der Waals surface area contributed by atoms with Gasteiger partial charge in [0, 0.05) is 7.05 Å². The maximum atomic E-state index is 13.7. The number of carbonyl (C=O) groups excluding carboxylic acids is 1. The van der Waals surface area contributed by atoms with Gasteiger partial charge in [-0.2, -0.15) is 0 Å². The zero-order valence-corrected chi connectivity index (χ0v) is 11.9. The number of amides is 2. The molecule has 1 saturated carbocycles. The van der Waals surface area contributed by atoms with E-state index in [9.17, 15) is 19.1 Å². The van der Waals surface area contributed by atoms with Crippen LogP contribution < -0.4 is 10.2 Å². The summed E-state index contributed by atoms with van der Waals surface area (Å²) >= 11 is 0. The Hall–Kier alpha value is -2.11. The fourth-order valence-corrected chi connectivity index (χ4v) is 2.67. The average molecular weight is 294 g/mol. The van der Waals surface area contributed by atoms with Gasteiger partial charge >= 0.3 is 12.0 Å². The molecule has 2 rings (SSSR count). The van der Waals surface area contributed by atoms with Crippen molar-refractivity contribution in [2.75, 3.05) is 11.9 Å². The summed E-state index contributed by atoms with van der Waals surface area (Å²) in [6.45, 7) is 0. The van der Waals surface area contributed by atoms with Gasteiger partial charge in [-0.1, -0.05) is 31.4 Å². The number of hydrogen-bond donors (Lipinski definition) is 2. The predicted octanol–water partition coefficient (Wildman–Crippen LogP) is 2.76. The molecule has 5 nitrogen and oxygen atoms in total. The second-order valence-electron chi connectivity index (χ2n) is 5.39. The number of para-hydroxylation sites is 1. The second kappa shape index (κ2) is 6.11. The van der Waals surface area contributed by atoms with E-state index in [-0.39, 0.29) is 5.69 Å². The average Bonchev–Trinajstić information content (AvgIpc) is 2.47. The molecule has 0 unspecified atom stereocenters. The van der Waals surface area contributed by atoms with E-state index in [1.165, 1.54) is 25.2 Å². The Morgan fingerprint density at radius 1 is 1.24 bits per heavy atom. The number of urea groups is 1. The Bertz CT molecular complexity index is 541. The van der Waals surface area contributed by atoms with Gasteiger partial charge < -0.3 is 10.4 Å². The summed E-state index contributed by atoms with van der Waals surface area (Å²) in [6, 6.07) is 5.28. The van der Waals surface area contributed by atoms with E-state index in [1.54, 1.807) is 6.07 Å². The Kier molecular flexibility index (Phi) is 4.45. The van der Waals surface area contributed by atoms with Crippen LogP contribution in [0, 0.1) is 5.82 Å². The highest BCUT2D eigenvalue weighted by molar-refractivity contribution is 5.95. The summed E-state index contributed by atoms with van der Waals surface area (Å²) in [5.41, 5.74) is -1.12. The highest BCUT2D eigenvalue weighted by Crippen LogP contribution is 2.29. The number of halogens is 1. The van der Waals surface area contributed by atoms with Crippen molar-refractivity contribution in [1.82, 2.24) is 5.32 Å². The fourth-order valence-electron chi connectivity index (χ4n) is 2.67. The molecule has 1 aromatic carbocycles. The highest BCUT2D eigenvalue weighted by atomic mass is 19.1. The zero-order valence-electron chi connectivity index (χ0n) is 11.9. The summed E-state index contributed by atoms with van der Waals surface area (Å²) in [5, 5.41) is 12.0. The van der Waals surface area contributed by atoms with Crippen LogP contribution in [-0.2, 0) is 4.79 Å². The standard InChI is InChI=1S/C15H19FN2O3/c1-18(12-8-4-3-7-11(12)16)14(21)17-15(13(19)20)9-5-2-6-10-15/h3-4,7-8H,2,5-6,9-10H2,1H3,(H,17,21)(H,19,20). The molecule has 2 N–H and O–H groups in total. The minimum absolute atomic E-state index is 0.117. The lowest BCUT2D eigenvalue weighted by atomic mass is 9.82. The molecular formula is C15H19FN2O3. The van der Waals surface area contributed by atoms with Crippen LogP contribution in [0.2, 0.25) is 0 Å². The maximum Gasteiger partial charge on any atom is 0.329 e. The molecule has 0 atom stereocenters. The minimum Gasteiger partial charge on any atom is -0.480 e. The molecule has 1 aromatic rings. The third kappa shape index (κ3) is 3.15. The van der Waals surface area contributed by atoms with Gasteiger partial charge in [0.15, 0.2) is 0 Å². The number of benzene rings is 1. The van der Waals surface area contributed by atoms with Crippen molar-refractivity contribution in [3.05, 3.63) is 30.1 Å². The van der Waals surface area contributed by atoms with Crippen molar-refractivity contribution < 1.29 is 19.1 Å². The Morgan fingerprint density at radius 3 is 2.43 bits per heavy atom. The molecule has 0 heterocycles. The Balaban J connectivity index is 2.16. The van der Waals surface area contributed by atoms with Crippen LogP contribution in [0.4, 0.5) is 14.9 Å². The lowest BCUT2D eigenvalue weighted by Gasteiger charge is -2.35. The van der Waals surface area contributed by atoms with Crippen LogP contribution >= 0.6 is 0 Å². The summed E-state index contributed by atoms with van der Waals surface area (Å²) < 4.78 is 13.7. The smallest absolute Gasteiger partial charge is 0.329 e. The molecule has 21 heavy (non-hydrogen) atoms. The van der Waals surface area contributed by atoms with Crippen LogP contribution in [0.1, 0.15) is 32.1 Å². The van der Waals surface area contributed by atoms with Crippen LogP contribution in [0.15, 0.2) is 24.3 Å². The van der Waals surface area contributed by atoms with Gasteiger partial charge in [0.05, 0.1) is 5.69 Å². The largest absolute Gasteiger partial charge is 0.480 e. The molecule has 0 aromatic heterocycles. The summed E-state index contributed by atoms with van der Waals surface area (Å²) in [4.78, 5) is 24.9. The predicted molar refractivity (Wildman–Crippen MR) is 76.8 cm³/mol. The van der Waals surface area contributed by atoms with Crippen molar-refractivity contribution >= 4 is 17.7 Å². The van der Waals surface area contributed by atoms with E-state index in [2.05, 4.69) is 5.32 Å². The third-order valence-electron chi connectivity index (χ3n) is 3.98. The molecule has 0 bridgehead atoms. The van der Waals surface area contributed by atoms with Crippen molar-refractivity contribution in [3.63, 3.8) is 0 Å². The van der Waals surface area contributed by atoms with E-state index in [0.717, 1.165) is 24.2 Å². The molecular weight excluding hydrogens is 275 g/mol. The highest BCUT2D eigenvalue weighted by Gasteiger charge is 2.41.